The number of ether oxygens (including phenoxy) is 2. The van der Waals surface area contributed by atoms with Gasteiger partial charge in [-0.2, -0.15) is 0 Å². The SMILES string of the molecule is CCCOC(=O)c1ccc(NC(=O)COC(=O)c2cccc(C)c2)cc1. The van der Waals surface area contributed by atoms with Gasteiger partial charge in [-0.1, -0.05) is 24.6 Å². The van der Waals surface area contributed by atoms with Gasteiger partial charge >= 0.3 is 11.9 Å². The molecular formula is C20H21NO5. The number of amides is 1. The number of nitrogens with one attached hydrogen (secondary N) is 1. The van der Waals surface area contributed by atoms with Gasteiger partial charge < -0.3 is 14.8 Å². The van der Waals surface area contributed by atoms with Crippen molar-refractivity contribution in [3.8, 4) is 0 Å². The monoisotopic (exact) mass is 355 g/mol. The molecule has 2 rings (SSSR count). The zero-order valence-corrected chi connectivity index (χ0v) is 14.8. The minimum atomic E-state index is -0.558. The molecular weight excluding hydrogens is 334 g/mol. The summed E-state index contributed by atoms with van der Waals surface area (Å²) in [7, 11) is 0. The van der Waals surface area contributed by atoms with E-state index in [4.69, 9.17) is 9.47 Å². The highest BCUT2D eigenvalue weighted by Crippen LogP contribution is 2.11. The van der Waals surface area contributed by atoms with E-state index in [1.807, 2.05) is 19.9 Å². The van der Waals surface area contributed by atoms with Crippen LogP contribution in [-0.4, -0.2) is 31.1 Å². The summed E-state index contributed by atoms with van der Waals surface area (Å²) >= 11 is 0. The Morgan fingerprint density at radius 1 is 0.923 bits per heavy atom. The highest BCUT2D eigenvalue weighted by molar-refractivity contribution is 5.96. The van der Waals surface area contributed by atoms with E-state index in [-0.39, 0.29) is 0 Å². The van der Waals surface area contributed by atoms with Crippen LogP contribution in [0.2, 0.25) is 0 Å². The van der Waals surface area contributed by atoms with Crippen LogP contribution in [0.4, 0.5) is 5.69 Å². The predicted molar refractivity (Wildman–Crippen MR) is 97.1 cm³/mol. The molecule has 2 aromatic rings. The third kappa shape index (κ3) is 5.73. The fourth-order valence-corrected chi connectivity index (χ4v) is 2.15. The molecule has 0 aromatic heterocycles. The van der Waals surface area contributed by atoms with Gasteiger partial charge in [-0.05, 0) is 49.7 Å². The predicted octanol–water partition coefficient (Wildman–Crippen LogP) is 3.36. The van der Waals surface area contributed by atoms with Crippen LogP contribution in [0.3, 0.4) is 0 Å². The lowest BCUT2D eigenvalue weighted by Gasteiger charge is -2.08. The maximum atomic E-state index is 11.9. The summed E-state index contributed by atoms with van der Waals surface area (Å²) in [4.78, 5) is 35.5. The number of aryl methyl sites for hydroxylation is 1. The number of benzene rings is 2. The maximum Gasteiger partial charge on any atom is 0.338 e. The summed E-state index contributed by atoms with van der Waals surface area (Å²) in [6, 6.07) is 13.2. The Kier molecular flexibility index (Phi) is 6.91. The van der Waals surface area contributed by atoms with Gasteiger partial charge in [0, 0.05) is 5.69 Å². The normalized spacial score (nSPS) is 10.1. The molecule has 0 atom stereocenters. The molecule has 0 saturated heterocycles. The van der Waals surface area contributed by atoms with E-state index in [0.29, 0.717) is 23.4 Å². The van der Waals surface area contributed by atoms with Crippen molar-refractivity contribution in [2.45, 2.75) is 20.3 Å². The second-order valence-corrected chi connectivity index (χ2v) is 5.71. The van der Waals surface area contributed by atoms with E-state index in [1.165, 1.54) is 0 Å². The number of hydrogen-bond donors (Lipinski definition) is 1. The van der Waals surface area contributed by atoms with Crippen molar-refractivity contribution in [1.82, 2.24) is 0 Å². The number of esters is 2. The average molecular weight is 355 g/mol. The Morgan fingerprint density at radius 3 is 2.27 bits per heavy atom. The number of anilines is 1. The Bertz CT molecular complexity index is 783. The number of carbonyl (C=O) groups is 3. The minimum absolute atomic E-state index is 0.365. The van der Waals surface area contributed by atoms with Crippen LogP contribution < -0.4 is 5.32 Å². The summed E-state index contributed by atoms with van der Waals surface area (Å²) in [5.74, 6) is -1.43. The van der Waals surface area contributed by atoms with Gasteiger partial charge in [0.1, 0.15) is 0 Å². The Hall–Kier alpha value is -3.15. The topological polar surface area (TPSA) is 81.7 Å². The molecule has 26 heavy (non-hydrogen) atoms. The van der Waals surface area contributed by atoms with E-state index in [0.717, 1.165) is 12.0 Å². The third-order valence-electron chi connectivity index (χ3n) is 3.43. The second-order valence-electron chi connectivity index (χ2n) is 5.71. The van der Waals surface area contributed by atoms with Gasteiger partial charge in [0.2, 0.25) is 0 Å². The first-order chi connectivity index (χ1) is 12.5. The molecule has 0 spiro atoms. The van der Waals surface area contributed by atoms with Crippen molar-refractivity contribution in [1.29, 1.82) is 0 Å². The zero-order chi connectivity index (χ0) is 18.9. The lowest BCUT2D eigenvalue weighted by molar-refractivity contribution is -0.119. The first-order valence-corrected chi connectivity index (χ1v) is 8.30. The molecule has 6 heteroatoms. The quantitative estimate of drug-likeness (QED) is 0.770. The van der Waals surface area contributed by atoms with Gasteiger partial charge in [0.05, 0.1) is 17.7 Å². The van der Waals surface area contributed by atoms with Crippen molar-refractivity contribution >= 4 is 23.5 Å². The molecule has 2 aromatic carbocycles. The van der Waals surface area contributed by atoms with E-state index in [2.05, 4.69) is 5.32 Å². The maximum absolute atomic E-state index is 11.9. The van der Waals surface area contributed by atoms with E-state index < -0.39 is 24.5 Å². The van der Waals surface area contributed by atoms with Crippen LogP contribution in [0.5, 0.6) is 0 Å². The standard InChI is InChI=1S/C20H21NO5/c1-3-11-25-19(23)15-7-9-17(10-8-15)21-18(22)13-26-20(24)16-6-4-5-14(2)12-16/h4-10,12H,3,11,13H2,1-2H3,(H,21,22). The highest BCUT2D eigenvalue weighted by atomic mass is 16.5. The fourth-order valence-electron chi connectivity index (χ4n) is 2.15. The van der Waals surface area contributed by atoms with Gasteiger partial charge in [-0.15, -0.1) is 0 Å². The van der Waals surface area contributed by atoms with Crippen LogP contribution in [0.15, 0.2) is 48.5 Å². The summed E-state index contributed by atoms with van der Waals surface area (Å²) in [5.41, 5.74) is 2.23. The summed E-state index contributed by atoms with van der Waals surface area (Å²) < 4.78 is 10.0. The zero-order valence-electron chi connectivity index (χ0n) is 14.8. The molecule has 0 bridgehead atoms. The molecule has 6 nitrogen and oxygen atoms in total. The Labute approximate surface area is 152 Å². The van der Waals surface area contributed by atoms with Crippen molar-refractivity contribution in [3.63, 3.8) is 0 Å². The lowest BCUT2D eigenvalue weighted by Crippen LogP contribution is -2.21. The first kappa shape index (κ1) is 19.2. The molecule has 0 saturated carbocycles. The van der Waals surface area contributed by atoms with E-state index >= 15 is 0 Å². The van der Waals surface area contributed by atoms with Gasteiger partial charge in [-0.3, -0.25) is 4.79 Å². The number of hydrogen-bond acceptors (Lipinski definition) is 5. The van der Waals surface area contributed by atoms with Gasteiger partial charge in [0.15, 0.2) is 6.61 Å². The van der Waals surface area contributed by atoms with Crippen LogP contribution in [0.1, 0.15) is 39.6 Å². The smallest absolute Gasteiger partial charge is 0.338 e. The largest absolute Gasteiger partial charge is 0.462 e. The lowest BCUT2D eigenvalue weighted by atomic mass is 10.1. The van der Waals surface area contributed by atoms with Crippen molar-refractivity contribution < 1.29 is 23.9 Å². The molecule has 0 radical (unpaired) electrons. The molecule has 0 fully saturated rings. The van der Waals surface area contributed by atoms with E-state index in [1.54, 1.807) is 42.5 Å². The Balaban J connectivity index is 1.84. The highest BCUT2D eigenvalue weighted by Gasteiger charge is 2.11. The first-order valence-electron chi connectivity index (χ1n) is 8.30. The van der Waals surface area contributed by atoms with Crippen molar-refractivity contribution in [2.24, 2.45) is 0 Å². The molecule has 0 aliphatic carbocycles. The van der Waals surface area contributed by atoms with Crippen LogP contribution >= 0.6 is 0 Å². The molecule has 0 heterocycles. The summed E-state index contributed by atoms with van der Waals surface area (Å²) in [6.45, 7) is 3.75. The molecule has 1 N–H and O–H groups in total. The molecule has 136 valence electrons. The second kappa shape index (κ2) is 9.36. The number of rotatable bonds is 7. The minimum Gasteiger partial charge on any atom is -0.462 e. The van der Waals surface area contributed by atoms with Gasteiger partial charge in [0.25, 0.3) is 5.91 Å². The summed E-state index contributed by atoms with van der Waals surface area (Å²) in [5, 5.41) is 2.60. The van der Waals surface area contributed by atoms with Crippen LogP contribution in [0, 0.1) is 6.92 Å². The number of carbonyl (C=O) groups excluding carboxylic acids is 3. The van der Waals surface area contributed by atoms with Crippen LogP contribution in [0.25, 0.3) is 0 Å². The van der Waals surface area contributed by atoms with Crippen molar-refractivity contribution in [2.75, 3.05) is 18.5 Å². The summed E-state index contributed by atoms with van der Waals surface area (Å²) in [6.07, 6.45) is 0.751. The molecule has 0 unspecified atom stereocenters. The average Bonchev–Trinajstić information content (AvgIpc) is 2.64. The molecule has 0 aliphatic rings. The van der Waals surface area contributed by atoms with Gasteiger partial charge in [-0.25, -0.2) is 9.59 Å². The van der Waals surface area contributed by atoms with Crippen molar-refractivity contribution in [3.05, 3.63) is 65.2 Å². The fraction of sp³-hybridized carbons (Fsp3) is 0.250. The van der Waals surface area contributed by atoms with E-state index in [9.17, 15) is 14.4 Å². The Morgan fingerprint density at radius 2 is 1.62 bits per heavy atom. The molecule has 1 amide bonds. The van der Waals surface area contributed by atoms with Crippen LogP contribution in [-0.2, 0) is 14.3 Å². The molecule has 0 aliphatic heterocycles. The third-order valence-corrected chi connectivity index (χ3v) is 3.43.